The molecular weight excluding hydrogens is 546 g/mol. The molecule has 1 heterocycles. The van der Waals surface area contributed by atoms with E-state index in [1.165, 1.54) is 0 Å². The molecule has 2 N–H and O–H groups in total. The Morgan fingerprint density at radius 3 is 2.19 bits per heavy atom. The summed E-state index contributed by atoms with van der Waals surface area (Å²) in [6.45, 7) is 1.64. The van der Waals surface area contributed by atoms with Gasteiger partial charge in [-0.1, -0.05) is 52.0 Å². The maximum absolute atomic E-state index is 13.0. The number of carbonyl (C=O) groups excluding carboxylic acids is 2. The van der Waals surface area contributed by atoms with Crippen molar-refractivity contribution in [1.29, 1.82) is 0 Å². The van der Waals surface area contributed by atoms with E-state index in [9.17, 15) is 9.59 Å². The van der Waals surface area contributed by atoms with Crippen LogP contribution < -0.4 is 20.5 Å². The van der Waals surface area contributed by atoms with Crippen molar-refractivity contribution >= 4 is 66.9 Å². The van der Waals surface area contributed by atoms with Crippen LogP contribution in [0.15, 0.2) is 79.4 Å². The Morgan fingerprint density at radius 1 is 0.968 bits per heavy atom. The van der Waals surface area contributed by atoms with E-state index in [0.29, 0.717) is 5.75 Å². The van der Waals surface area contributed by atoms with Crippen LogP contribution >= 0.6 is 43.6 Å². The fraction of sp³-hybridized carbons (Fsp3) is 0.0909. The number of nitrogens with one attached hydrogen (secondary N) is 2. The highest BCUT2D eigenvalue weighted by Crippen LogP contribution is 2.47. The summed E-state index contributed by atoms with van der Waals surface area (Å²) in [5.74, 6) is 0.0936. The van der Waals surface area contributed by atoms with Gasteiger partial charge in [-0.3, -0.25) is 15.1 Å². The fourth-order valence-corrected chi connectivity index (χ4v) is 5.76. The first kappa shape index (κ1) is 21.7. The Hall–Kier alpha value is -2.49. The monoisotopic (exact) mass is 561 g/mol. The van der Waals surface area contributed by atoms with E-state index >= 15 is 0 Å². The molecule has 0 saturated carbocycles. The van der Waals surface area contributed by atoms with Gasteiger partial charge in [-0.15, -0.1) is 0 Å². The minimum atomic E-state index is -0.476. The van der Waals surface area contributed by atoms with Gasteiger partial charge in [-0.05, 0) is 64.8 Å². The Bertz CT molecular complexity index is 1100. The van der Waals surface area contributed by atoms with Gasteiger partial charge in [0, 0.05) is 14.3 Å². The number of benzene rings is 3. The number of fused-ring (bicyclic) bond motifs is 2. The van der Waals surface area contributed by atoms with Crippen molar-refractivity contribution in [2.75, 3.05) is 11.5 Å². The summed E-state index contributed by atoms with van der Waals surface area (Å²) in [6.07, 6.45) is 0. The topological polar surface area (TPSA) is 70.7 Å². The zero-order valence-electron chi connectivity index (χ0n) is 16.3. The number of anilines is 2. The highest BCUT2D eigenvalue weighted by Gasteiger charge is 2.28. The summed E-state index contributed by atoms with van der Waals surface area (Å²) in [7, 11) is 0. The average molecular weight is 563 g/mol. The van der Waals surface area contributed by atoms with Gasteiger partial charge in [0.1, 0.15) is 5.75 Å². The molecular formula is C22H17Br2N3O3S. The van der Waals surface area contributed by atoms with Gasteiger partial charge in [-0.25, -0.2) is 10.2 Å². The third-order valence-corrected chi connectivity index (χ3v) is 6.66. The number of halogens is 2. The van der Waals surface area contributed by atoms with Crippen molar-refractivity contribution in [2.45, 2.75) is 16.7 Å². The molecule has 3 aromatic carbocycles. The molecule has 0 saturated heterocycles. The van der Waals surface area contributed by atoms with Gasteiger partial charge in [0.25, 0.3) is 5.91 Å². The maximum Gasteiger partial charge on any atom is 0.345 e. The number of urea groups is 1. The van der Waals surface area contributed by atoms with Crippen molar-refractivity contribution in [2.24, 2.45) is 0 Å². The third kappa shape index (κ3) is 4.73. The first-order valence-electron chi connectivity index (χ1n) is 9.27. The number of hydrazine groups is 1. The van der Waals surface area contributed by atoms with E-state index in [-0.39, 0.29) is 6.61 Å². The second kappa shape index (κ2) is 9.33. The molecule has 0 spiro atoms. The number of aryl methyl sites for hydroxylation is 1. The zero-order valence-corrected chi connectivity index (χ0v) is 20.3. The predicted molar refractivity (Wildman–Crippen MR) is 128 cm³/mol. The predicted octanol–water partition coefficient (Wildman–Crippen LogP) is 5.94. The van der Waals surface area contributed by atoms with Crippen LogP contribution in [0.2, 0.25) is 0 Å². The van der Waals surface area contributed by atoms with Crippen LogP contribution in [-0.2, 0) is 4.79 Å². The Kier molecular flexibility index (Phi) is 6.54. The van der Waals surface area contributed by atoms with Gasteiger partial charge >= 0.3 is 6.03 Å². The molecule has 0 aromatic heterocycles. The molecule has 0 aliphatic carbocycles. The molecule has 0 radical (unpaired) electrons. The first-order valence-corrected chi connectivity index (χ1v) is 11.7. The van der Waals surface area contributed by atoms with E-state index in [2.05, 4.69) is 42.7 Å². The standard InChI is InChI=1S/C22H17Br2N3O3S/c1-13-10-14(23)11-15(24)21(13)30-12-20(28)25-26-22(29)27-16-6-2-4-8-18(16)31-19-9-5-3-7-17(19)27/h2-11H,12H2,1H3,(H,25,28)(H,26,29). The van der Waals surface area contributed by atoms with E-state index in [1.807, 2.05) is 67.6 Å². The molecule has 9 heteroatoms. The minimum absolute atomic E-state index is 0.246. The lowest BCUT2D eigenvalue weighted by atomic mass is 10.2. The number of hydrogen-bond donors (Lipinski definition) is 2. The number of carbonyl (C=O) groups is 2. The lowest BCUT2D eigenvalue weighted by Gasteiger charge is -2.30. The molecule has 1 aliphatic rings. The average Bonchev–Trinajstić information content (AvgIpc) is 2.75. The molecule has 158 valence electrons. The van der Waals surface area contributed by atoms with Crippen LogP contribution in [0.1, 0.15) is 5.56 Å². The van der Waals surface area contributed by atoms with Crippen molar-refractivity contribution in [3.8, 4) is 5.75 Å². The second-order valence-corrected chi connectivity index (χ2v) is 9.53. The molecule has 31 heavy (non-hydrogen) atoms. The van der Waals surface area contributed by atoms with Crippen LogP contribution in [-0.4, -0.2) is 18.5 Å². The summed E-state index contributed by atoms with van der Waals surface area (Å²) in [6, 6.07) is 18.5. The number of nitrogens with zero attached hydrogens (tertiary/aromatic N) is 1. The summed E-state index contributed by atoms with van der Waals surface area (Å²) in [4.78, 5) is 28.7. The number of amides is 3. The summed E-state index contributed by atoms with van der Waals surface area (Å²) >= 11 is 8.44. The van der Waals surface area contributed by atoms with Crippen molar-refractivity contribution in [3.63, 3.8) is 0 Å². The van der Waals surface area contributed by atoms with Gasteiger partial charge in [0.05, 0.1) is 15.8 Å². The van der Waals surface area contributed by atoms with E-state index < -0.39 is 11.9 Å². The second-order valence-electron chi connectivity index (χ2n) is 6.67. The molecule has 3 aromatic rings. The lowest BCUT2D eigenvalue weighted by molar-refractivity contribution is -0.123. The molecule has 6 nitrogen and oxygen atoms in total. The van der Waals surface area contributed by atoms with Crippen LogP contribution in [0, 0.1) is 6.92 Å². The quantitative estimate of drug-likeness (QED) is 0.387. The molecule has 0 fully saturated rings. The normalized spacial score (nSPS) is 11.9. The van der Waals surface area contributed by atoms with Crippen LogP contribution in [0.4, 0.5) is 16.2 Å². The van der Waals surface area contributed by atoms with E-state index in [0.717, 1.165) is 35.7 Å². The molecule has 4 rings (SSSR count). The maximum atomic E-state index is 13.0. The third-order valence-electron chi connectivity index (χ3n) is 4.49. The summed E-state index contributed by atoms with van der Waals surface area (Å²) in [5.41, 5.74) is 7.29. The van der Waals surface area contributed by atoms with E-state index in [1.54, 1.807) is 16.7 Å². The molecule has 0 atom stereocenters. The molecule has 0 unspecified atom stereocenters. The summed E-state index contributed by atoms with van der Waals surface area (Å²) < 4.78 is 7.26. The zero-order chi connectivity index (χ0) is 22.0. The Balaban J connectivity index is 1.43. The molecule has 0 bridgehead atoms. The van der Waals surface area contributed by atoms with Crippen molar-refractivity contribution in [3.05, 3.63) is 75.2 Å². The van der Waals surface area contributed by atoms with Gasteiger partial charge in [0.15, 0.2) is 6.61 Å². The summed E-state index contributed by atoms with van der Waals surface area (Å²) in [5, 5.41) is 0. The smallest absolute Gasteiger partial charge is 0.345 e. The fourth-order valence-electron chi connectivity index (χ4n) is 3.15. The highest BCUT2D eigenvalue weighted by atomic mass is 79.9. The number of ether oxygens (including phenoxy) is 1. The molecule has 1 aliphatic heterocycles. The van der Waals surface area contributed by atoms with Crippen molar-refractivity contribution in [1.82, 2.24) is 10.9 Å². The minimum Gasteiger partial charge on any atom is -0.482 e. The van der Waals surface area contributed by atoms with Gasteiger partial charge in [0.2, 0.25) is 0 Å². The lowest BCUT2D eigenvalue weighted by Crippen LogP contribution is -2.49. The van der Waals surface area contributed by atoms with Gasteiger partial charge < -0.3 is 4.74 Å². The SMILES string of the molecule is Cc1cc(Br)cc(Br)c1OCC(=O)NNC(=O)N1c2ccccc2Sc2ccccc21. The van der Waals surface area contributed by atoms with E-state index in [4.69, 9.17) is 4.74 Å². The first-order chi connectivity index (χ1) is 14.9. The van der Waals surface area contributed by atoms with Crippen LogP contribution in [0.25, 0.3) is 0 Å². The number of rotatable bonds is 3. The Labute approximate surface area is 200 Å². The highest BCUT2D eigenvalue weighted by molar-refractivity contribution is 9.11. The van der Waals surface area contributed by atoms with Crippen LogP contribution in [0.5, 0.6) is 5.75 Å². The number of para-hydroxylation sites is 2. The molecule has 3 amide bonds. The largest absolute Gasteiger partial charge is 0.482 e. The number of hydrogen-bond acceptors (Lipinski definition) is 4. The van der Waals surface area contributed by atoms with Gasteiger partial charge in [-0.2, -0.15) is 0 Å². The van der Waals surface area contributed by atoms with Crippen LogP contribution in [0.3, 0.4) is 0 Å². The van der Waals surface area contributed by atoms with Crippen molar-refractivity contribution < 1.29 is 14.3 Å². The Morgan fingerprint density at radius 2 is 1.58 bits per heavy atom.